The van der Waals surface area contributed by atoms with E-state index in [4.69, 9.17) is 6.42 Å². The molecule has 1 aromatic rings. The monoisotopic (exact) mass is 715 g/mol. The summed E-state index contributed by atoms with van der Waals surface area (Å²) < 4.78 is 0. The van der Waals surface area contributed by atoms with E-state index < -0.39 is 70.5 Å². The van der Waals surface area contributed by atoms with Gasteiger partial charge in [-0.05, 0) is 40.9 Å². The summed E-state index contributed by atoms with van der Waals surface area (Å²) in [5, 5.41) is 11.0. The number of rotatable bonds is 13. The molecule has 1 aliphatic heterocycles. The molecule has 0 radical (unpaired) electrons. The zero-order valence-corrected chi connectivity index (χ0v) is 31.6. The van der Waals surface area contributed by atoms with E-state index in [9.17, 15) is 33.6 Å². The van der Waals surface area contributed by atoms with Crippen LogP contribution in [0.4, 0.5) is 4.79 Å². The average Bonchev–Trinajstić information content (AvgIpc) is 3.32. The van der Waals surface area contributed by atoms with Gasteiger partial charge < -0.3 is 26.2 Å². The predicted octanol–water partition coefficient (Wildman–Crippen LogP) is 3.45. The van der Waals surface area contributed by atoms with Crippen molar-refractivity contribution in [2.75, 3.05) is 13.1 Å². The quantitative estimate of drug-likeness (QED) is 0.105. The minimum atomic E-state index is -1.20. The lowest BCUT2D eigenvalue weighted by molar-refractivity contribution is -0.145. The van der Waals surface area contributed by atoms with Crippen LogP contribution in [0.3, 0.4) is 0 Å². The van der Waals surface area contributed by atoms with Crippen molar-refractivity contribution in [3.63, 3.8) is 0 Å². The maximum absolute atomic E-state index is 14.5. The molecule has 2 aliphatic carbocycles. The second-order valence-corrected chi connectivity index (χ2v) is 17.0. The molecule has 1 saturated carbocycles. The number of Topliss-reactive ketones (excluding diaryl/α,β-unsaturated/α-hetero) is 3. The van der Waals surface area contributed by atoms with Crippen LogP contribution in [-0.2, 0) is 19.2 Å². The van der Waals surface area contributed by atoms with Gasteiger partial charge in [0.2, 0.25) is 17.6 Å². The summed E-state index contributed by atoms with van der Waals surface area (Å²) in [5.74, 6) is -2.03. The first-order chi connectivity index (χ1) is 24.2. The van der Waals surface area contributed by atoms with Crippen molar-refractivity contribution in [2.45, 2.75) is 98.8 Å². The highest BCUT2D eigenvalue weighted by Gasteiger charge is 2.70. The van der Waals surface area contributed by atoms with Gasteiger partial charge in [0.25, 0.3) is 5.91 Å². The van der Waals surface area contributed by atoms with Crippen LogP contribution in [0.1, 0.15) is 95.4 Å². The van der Waals surface area contributed by atoms with Crippen LogP contribution in [0.25, 0.3) is 0 Å². The lowest BCUT2D eigenvalue weighted by atomic mass is 9.80. The van der Waals surface area contributed by atoms with Crippen molar-refractivity contribution in [2.24, 2.45) is 34.0 Å². The SMILES string of the molecule is C#CCCC(NC(=O)[C@@H]1[C@@H]2[C@H](CN1C(=O)[C@@H](NC(=O)N[C@H](CC1C(=O)c3ccccc3C1=O)C(C)(C)C)C(C)(C)C)C2(C)C)C(=O)C(=O)NCC=C. The number of benzene rings is 1. The molecular formula is C40H53N5O7. The number of fused-ring (bicyclic) bond motifs is 2. The van der Waals surface area contributed by atoms with Crippen molar-refractivity contribution >= 4 is 41.1 Å². The van der Waals surface area contributed by atoms with Gasteiger partial charge in [0, 0.05) is 36.7 Å². The summed E-state index contributed by atoms with van der Waals surface area (Å²) in [6.45, 7) is 19.0. The van der Waals surface area contributed by atoms with Gasteiger partial charge in [-0.1, -0.05) is 85.7 Å². The third-order valence-electron chi connectivity index (χ3n) is 10.9. The van der Waals surface area contributed by atoms with Crippen molar-refractivity contribution in [1.29, 1.82) is 0 Å². The number of ketones is 3. The van der Waals surface area contributed by atoms with Crippen molar-refractivity contribution in [3.05, 3.63) is 48.0 Å². The molecular weight excluding hydrogens is 662 g/mol. The summed E-state index contributed by atoms with van der Waals surface area (Å²) in [7, 11) is 0. The molecule has 5 amide bonds. The Labute approximate surface area is 306 Å². The number of piperidine rings is 1. The molecule has 52 heavy (non-hydrogen) atoms. The Hall–Kier alpha value is -4.79. The molecule has 12 nitrogen and oxygen atoms in total. The Morgan fingerprint density at radius 3 is 2.10 bits per heavy atom. The topological polar surface area (TPSA) is 171 Å². The molecule has 0 aromatic heterocycles. The number of carbonyl (C=O) groups is 7. The highest BCUT2D eigenvalue weighted by atomic mass is 16.2. The number of amides is 5. The number of hydrogen-bond acceptors (Lipinski definition) is 7. The molecule has 1 saturated heterocycles. The average molecular weight is 716 g/mol. The van der Waals surface area contributed by atoms with Crippen molar-refractivity contribution in [3.8, 4) is 12.3 Å². The number of terminal acetylenes is 1. The molecule has 0 bridgehead atoms. The van der Waals surface area contributed by atoms with Gasteiger partial charge in [0.15, 0.2) is 11.6 Å². The van der Waals surface area contributed by atoms with Crippen LogP contribution >= 0.6 is 0 Å². The third-order valence-corrected chi connectivity index (χ3v) is 10.9. The van der Waals surface area contributed by atoms with E-state index in [2.05, 4.69) is 33.8 Å². The Morgan fingerprint density at radius 1 is 0.981 bits per heavy atom. The summed E-state index contributed by atoms with van der Waals surface area (Å²) in [6.07, 6.45) is 7.11. The number of nitrogens with zero attached hydrogens (tertiary/aromatic N) is 1. The molecule has 6 atom stereocenters. The van der Waals surface area contributed by atoms with E-state index in [0.29, 0.717) is 11.1 Å². The fourth-order valence-electron chi connectivity index (χ4n) is 7.61. The fraction of sp³-hybridized carbons (Fsp3) is 0.575. The zero-order chi connectivity index (χ0) is 38.9. The summed E-state index contributed by atoms with van der Waals surface area (Å²) in [4.78, 5) is 95.7. The Bertz CT molecular complexity index is 1660. The van der Waals surface area contributed by atoms with Gasteiger partial charge in [0.1, 0.15) is 12.1 Å². The highest BCUT2D eigenvalue weighted by Crippen LogP contribution is 2.65. The van der Waals surface area contributed by atoms with E-state index in [1.54, 1.807) is 45.0 Å². The first-order valence-corrected chi connectivity index (χ1v) is 17.9. The van der Waals surface area contributed by atoms with Crippen LogP contribution in [0.15, 0.2) is 36.9 Å². The molecule has 1 aromatic carbocycles. The van der Waals surface area contributed by atoms with Crippen molar-refractivity contribution in [1.82, 2.24) is 26.2 Å². The van der Waals surface area contributed by atoms with E-state index in [0.717, 1.165) is 0 Å². The molecule has 12 heteroatoms. The maximum atomic E-state index is 14.5. The van der Waals surface area contributed by atoms with Crippen LogP contribution in [0.5, 0.6) is 0 Å². The summed E-state index contributed by atoms with van der Waals surface area (Å²) in [6, 6.07) is 2.19. The van der Waals surface area contributed by atoms with Crippen LogP contribution in [0, 0.1) is 46.3 Å². The number of urea groups is 1. The van der Waals surface area contributed by atoms with Crippen LogP contribution < -0.4 is 21.3 Å². The lowest BCUT2D eigenvalue weighted by Gasteiger charge is -2.39. The first-order valence-electron chi connectivity index (χ1n) is 17.9. The second-order valence-electron chi connectivity index (χ2n) is 17.0. The maximum Gasteiger partial charge on any atom is 0.315 e. The van der Waals surface area contributed by atoms with E-state index >= 15 is 0 Å². The summed E-state index contributed by atoms with van der Waals surface area (Å²) >= 11 is 0. The predicted molar refractivity (Wildman–Crippen MR) is 196 cm³/mol. The molecule has 3 aliphatic rings. The lowest BCUT2D eigenvalue weighted by Crippen LogP contribution is -2.62. The zero-order valence-electron chi connectivity index (χ0n) is 31.6. The van der Waals surface area contributed by atoms with Gasteiger partial charge in [0.05, 0.1) is 12.0 Å². The van der Waals surface area contributed by atoms with Gasteiger partial charge in [-0.2, -0.15) is 0 Å². The van der Waals surface area contributed by atoms with Gasteiger partial charge >= 0.3 is 6.03 Å². The Kier molecular flexibility index (Phi) is 11.6. The number of likely N-dealkylation sites (tertiary alicyclic amines) is 1. The van der Waals surface area contributed by atoms with Gasteiger partial charge in [-0.25, -0.2) is 4.79 Å². The second kappa shape index (κ2) is 15.1. The first kappa shape index (κ1) is 40.0. The number of carbonyl (C=O) groups excluding carboxylic acids is 7. The smallest absolute Gasteiger partial charge is 0.315 e. The molecule has 4 N–H and O–H groups in total. The van der Waals surface area contributed by atoms with Gasteiger partial charge in [-0.3, -0.25) is 28.8 Å². The largest absolute Gasteiger partial charge is 0.346 e. The minimum absolute atomic E-state index is 0.00766. The molecule has 280 valence electrons. The molecule has 0 spiro atoms. The van der Waals surface area contributed by atoms with E-state index in [1.165, 1.54) is 11.0 Å². The third kappa shape index (κ3) is 8.14. The van der Waals surface area contributed by atoms with Crippen molar-refractivity contribution < 1.29 is 33.6 Å². The van der Waals surface area contributed by atoms with Gasteiger partial charge in [-0.15, -0.1) is 18.9 Å². The Morgan fingerprint density at radius 2 is 1.58 bits per heavy atom. The van der Waals surface area contributed by atoms with Crippen LogP contribution in [0.2, 0.25) is 0 Å². The van der Waals surface area contributed by atoms with E-state index in [-0.39, 0.29) is 61.2 Å². The number of hydrogen-bond donors (Lipinski definition) is 4. The Balaban J connectivity index is 1.53. The van der Waals surface area contributed by atoms with E-state index in [1.807, 2.05) is 34.6 Å². The standard InChI is InChI=1S/C40H53N5O7/c1-11-13-18-26(32(48)35(50)41-19-12-2)42-34(49)29-28-25(40(28,9)10)21-45(29)36(51)33(39(6,7)8)44-37(52)43-27(38(3,4)5)20-24-30(46)22-16-14-15-17-23(22)31(24)47/h1,12,14-17,24-29,33H,2,13,18-21H2,3-10H3,(H,41,50)(H,42,49)(H2,43,44,52)/t25-,26?,27+,28-,29-,33+/m0/s1. The minimum Gasteiger partial charge on any atom is -0.346 e. The molecule has 1 unspecified atom stereocenters. The normalized spacial score (nSPS) is 22.2. The number of nitrogens with one attached hydrogen (secondary N) is 4. The molecule has 4 rings (SSSR count). The molecule has 2 fully saturated rings. The molecule has 1 heterocycles. The summed E-state index contributed by atoms with van der Waals surface area (Å²) in [5.41, 5.74) is -0.866. The highest BCUT2D eigenvalue weighted by molar-refractivity contribution is 6.38. The van der Waals surface area contributed by atoms with Crippen LogP contribution in [-0.4, -0.2) is 83.3 Å². The fourth-order valence-corrected chi connectivity index (χ4v) is 7.61.